The van der Waals surface area contributed by atoms with Gasteiger partial charge in [-0.3, -0.25) is 9.59 Å². The van der Waals surface area contributed by atoms with E-state index in [-0.39, 0.29) is 71.7 Å². The van der Waals surface area contributed by atoms with Crippen LogP contribution in [0.15, 0.2) is 49.3 Å². The maximum Gasteiger partial charge on any atom is 0.258 e. The monoisotopic (exact) mass is 571 g/mol. The maximum absolute atomic E-state index is 14.8. The number of hydrogen-bond donors (Lipinski definition) is 2. The molecule has 3 N–H and O–H groups in total. The summed E-state index contributed by atoms with van der Waals surface area (Å²) in [7, 11) is 0. The number of carbonyl (C=O) groups excluding carboxylic acids is 2. The molecule has 1 heterocycles. The molecular formula is C28H28F3N5O3S. The summed E-state index contributed by atoms with van der Waals surface area (Å²) in [6.45, 7) is 5.27. The van der Waals surface area contributed by atoms with Gasteiger partial charge in [0.25, 0.3) is 5.91 Å². The number of carbonyl (C=O) groups is 2. The zero-order valence-corrected chi connectivity index (χ0v) is 22.6. The molecule has 0 bridgehead atoms. The predicted octanol–water partition coefficient (Wildman–Crippen LogP) is 5.45. The molecule has 0 unspecified atom stereocenters. The number of nitrogens with one attached hydrogen (secondary N) is 1. The number of aromatic nitrogens is 2. The molecule has 8 nitrogen and oxygen atoms in total. The maximum atomic E-state index is 14.8. The Labute approximate surface area is 234 Å². The molecule has 0 aliphatic heterocycles. The molecule has 1 fully saturated rings. The Morgan fingerprint density at radius 1 is 1.23 bits per heavy atom. The molecule has 1 aliphatic carbocycles. The van der Waals surface area contributed by atoms with Crippen LogP contribution in [0.5, 0.6) is 5.75 Å². The van der Waals surface area contributed by atoms with Crippen molar-refractivity contribution in [1.29, 1.82) is 0 Å². The number of benzene rings is 2. The summed E-state index contributed by atoms with van der Waals surface area (Å²) in [6.07, 6.45) is 4.30. The van der Waals surface area contributed by atoms with E-state index in [4.69, 9.17) is 10.5 Å². The van der Waals surface area contributed by atoms with Gasteiger partial charge in [-0.2, -0.15) is 3.89 Å². The molecule has 0 atom stereocenters. The highest BCUT2D eigenvalue weighted by molar-refractivity contribution is 7.94. The second-order valence-electron chi connectivity index (χ2n) is 9.22. The van der Waals surface area contributed by atoms with Gasteiger partial charge in [-0.25, -0.2) is 18.7 Å². The number of anilines is 2. The molecule has 3 aromatic rings. The van der Waals surface area contributed by atoms with E-state index in [1.54, 1.807) is 13.0 Å². The van der Waals surface area contributed by atoms with Gasteiger partial charge in [0.1, 0.15) is 30.3 Å². The fourth-order valence-corrected chi connectivity index (χ4v) is 4.51. The Bertz CT molecular complexity index is 1430. The van der Waals surface area contributed by atoms with Crippen molar-refractivity contribution >= 4 is 35.5 Å². The van der Waals surface area contributed by atoms with Crippen molar-refractivity contribution in [3.05, 3.63) is 77.6 Å². The first kappa shape index (κ1) is 28.9. The fraction of sp³-hybridized carbons (Fsp3) is 0.286. The predicted molar refractivity (Wildman–Crippen MR) is 149 cm³/mol. The first-order chi connectivity index (χ1) is 19.2. The van der Waals surface area contributed by atoms with Crippen molar-refractivity contribution in [2.24, 2.45) is 0 Å². The molecule has 4 rings (SSSR count). The minimum Gasteiger partial charge on any atom is -0.486 e. The summed E-state index contributed by atoms with van der Waals surface area (Å²) >= 11 is 0.106. The lowest BCUT2D eigenvalue weighted by Crippen LogP contribution is -2.35. The van der Waals surface area contributed by atoms with Gasteiger partial charge < -0.3 is 20.7 Å². The number of rotatable bonds is 12. The zero-order chi connectivity index (χ0) is 28.8. The van der Waals surface area contributed by atoms with Crippen molar-refractivity contribution in [1.82, 2.24) is 14.9 Å². The summed E-state index contributed by atoms with van der Waals surface area (Å²) in [5, 5.41) is 2.59. The molecule has 12 heteroatoms. The van der Waals surface area contributed by atoms with E-state index < -0.39 is 23.4 Å². The van der Waals surface area contributed by atoms with Gasteiger partial charge in [-0.1, -0.05) is 12.6 Å². The topological polar surface area (TPSA) is 110 Å². The third kappa shape index (κ3) is 6.74. The highest BCUT2D eigenvalue weighted by atomic mass is 32.2. The molecule has 210 valence electrons. The summed E-state index contributed by atoms with van der Waals surface area (Å²) in [5.74, 6) is -2.03. The number of ether oxygens (including phenoxy) is 1. The average molecular weight is 572 g/mol. The van der Waals surface area contributed by atoms with E-state index in [0.29, 0.717) is 11.5 Å². The lowest BCUT2D eigenvalue weighted by molar-refractivity contribution is -0.126. The number of nitrogens with two attached hydrogens (primary N) is 1. The molecular weight excluding hydrogens is 543 g/mol. The van der Waals surface area contributed by atoms with Crippen molar-refractivity contribution in [3.8, 4) is 17.0 Å². The van der Waals surface area contributed by atoms with Crippen LogP contribution < -0.4 is 15.8 Å². The number of halogens is 3. The minimum atomic E-state index is -0.725. The van der Waals surface area contributed by atoms with Gasteiger partial charge in [0, 0.05) is 35.7 Å². The van der Waals surface area contributed by atoms with E-state index in [0.717, 1.165) is 30.5 Å². The van der Waals surface area contributed by atoms with Crippen molar-refractivity contribution in [2.45, 2.75) is 25.7 Å². The second kappa shape index (κ2) is 12.9. The molecule has 0 spiro atoms. The third-order valence-electron chi connectivity index (χ3n) is 6.53. The largest absolute Gasteiger partial charge is 0.486 e. The molecule has 1 aromatic heterocycles. The van der Waals surface area contributed by atoms with Crippen LogP contribution >= 0.6 is 12.1 Å². The SMILES string of the molecule is C=CC(=O)N(CCOc1c(N)ncnc1-c1cc(F)cc(NC(=O)c2ccc(C3CC3)cc2F)c1C)CCSF. The Hall–Kier alpha value is -4.06. The number of nitrogen functional groups attached to an aromatic ring is 1. The van der Waals surface area contributed by atoms with Crippen LogP contribution in [-0.2, 0) is 4.79 Å². The first-order valence-corrected chi connectivity index (χ1v) is 13.4. The molecule has 1 aliphatic rings. The summed E-state index contributed by atoms with van der Waals surface area (Å²) in [4.78, 5) is 34.5. The van der Waals surface area contributed by atoms with E-state index in [1.807, 2.05) is 0 Å². The highest BCUT2D eigenvalue weighted by Gasteiger charge is 2.25. The number of hydrogen-bond acceptors (Lipinski definition) is 7. The van der Waals surface area contributed by atoms with Crippen LogP contribution in [0.4, 0.5) is 24.2 Å². The quantitative estimate of drug-likeness (QED) is 0.278. The zero-order valence-electron chi connectivity index (χ0n) is 21.8. The van der Waals surface area contributed by atoms with Crippen molar-refractivity contribution in [3.63, 3.8) is 0 Å². The summed E-state index contributed by atoms with van der Waals surface area (Å²) in [6, 6.07) is 6.85. The molecule has 1 saturated carbocycles. The van der Waals surface area contributed by atoms with E-state index in [9.17, 15) is 22.3 Å². The molecule has 2 aromatic carbocycles. The number of amides is 2. The number of nitrogens with zero attached hydrogens (tertiary/aromatic N) is 3. The molecule has 40 heavy (non-hydrogen) atoms. The van der Waals surface area contributed by atoms with Crippen LogP contribution in [0, 0.1) is 18.6 Å². The molecule has 0 saturated heterocycles. The van der Waals surface area contributed by atoms with Crippen LogP contribution in [0.1, 0.15) is 40.2 Å². The summed E-state index contributed by atoms with van der Waals surface area (Å²) < 4.78 is 47.9. The Kier molecular flexibility index (Phi) is 9.30. The van der Waals surface area contributed by atoms with Crippen LogP contribution in [0.25, 0.3) is 11.3 Å². The van der Waals surface area contributed by atoms with Gasteiger partial charge in [-0.05, 0) is 67.2 Å². The van der Waals surface area contributed by atoms with Crippen LogP contribution in [0.2, 0.25) is 0 Å². The van der Waals surface area contributed by atoms with Gasteiger partial charge >= 0.3 is 0 Å². The smallest absolute Gasteiger partial charge is 0.258 e. The van der Waals surface area contributed by atoms with E-state index >= 15 is 0 Å². The molecule has 2 amide bonds. The van der Waals surface area contributed by atoms with Gasteiger partial charge in [0.05, 0.1) is 12.1 Å². The second-order valence-corrected chi connectivity index (χ2v) is 9.85. The minimum absolute atomic E-state index is 0.0296. The Morgan fingerprint density at radius 3 is 2.67 bits per heavy atom. The van der Waals surface area contributed by atoms with Crippen LogP contribution in [-0.4, -0.2) is 52.1 Å². The first-order valence-electron chi connectivity index (χ1n) is 12.5. The van der Waals surface area contributed by atoms with Gasteiger partial charge in [-0.15, -0.1) is 0 Å². The summed E-state index contributed by atoms with van der Waals surface area (Å²) in [5.41, 5.74) is 7.70. The van der Waals surface area contributed by atoms with Crippen molar-refractivity contribution < 1.29 is 27.0 Å². The van der Waals surface area contributed by atoms with Crippen molar-refractivity contribution in [2.75, 3.05) is 36.5 Å². The highest BCUT2D eigenvalue weighted by Crippen LogP contribution is 2.40. The van der Waals surface area contributed by atoms with E-state index in [1.165, 1.54) is 29.4 Å². The van der Waals surface area contributed by atoms with Gasteiger partial charge in [0.2, 0.25) is 5.91 Å². The average Bonchev–Trinajstić information content (AvgIpc) is 3.78. The van der Waals surface area contributed by atoms with Crippen LogP contribution in [0.3, 0.4) is 0 Å². The van der Waals surface area contributed by atoms with E-state index in [2.05, 4.69) is 21.9 Å². The Morgan fingerprint density at radius 2 is 2.00 bits per heavy atom. The third-order valence-corrected chi connectivity index (χ3v) is 6.86. The lowest BCUT2D eigenvalue weighted by atomic mass is 10.0. The Balaban J connectivity index is 1.57. The lowest BCUT2D eigenvalue weighted by Gasteiger charge is -2.21. The van der Waals surface area contributed by atoms with Gasteiger partial charge in [0.15, 0.2) is 11.6 Å². The normalized spacial score (nSPS) is 12.6. The molecule has 0 radical (unpaired) electrons. The standard InChI is InChI=1S/C28H28F3N5O3S/c1-3-24(37)36(9-11-40-31)8-10-39-26-25(33-15-34-27(26)32)21-13-19(29)14-23(16(21)2)35-28(38)20-7-6-18(12-22(20)30)17-4-5-17/h3,6-7,12-15,17H,1,4-5,8-11H2,2H3,(H,35,38)(H2,32,33,34). The fourth-order valence-electron chi connectivity index (χ4n) is 4.22.